The van der Waals surface area contributed by atoms with Gasteiger partial charge in [-0.25, -0.2) is 8.78 Å². The fourth-order valence-corrected chi connectivity index (χ4v) is 2.87. The highest BCUT2D eigenvalue weighted by molar-refractivity contribution is 5.20. The highest BCUT2D eigenvalue weighted by Gasteiger charge is 2.25. The van der Waals surface area contributed by atoms with Crippen LogP contribution >= 0.6 is 0 Å². The van der Waals surface area contributed by atoms with Crippen LogP contribution in [0.2, 0.25) is 0 Å². The van der Waals surface area contributed by atoms with Gasteiger partial charge >= 0.3 is 0 Å². The lowest BCUT2D eigenvalue weighted by molar-refractivity contribution is 0.122. The van der Waals surface area contributed by atoms with Crippen molar-refractivity contribution >= 4 is 0 Å². The van der Waals surface area contributed by atoms with Crippen LogP contribution in [-0.4, -0.2) is 54.7 Å². The van der Waals surface area contributed by atoms with Crippen LogP contribution in [0.4, 0.5) is 8.78 Å². The third-order valence-electron chi connectivity index (χ3n) is 4.24. The number of nitrogens with zero attached hydrogens (tertiary/aromatic N) is 2. The first kappa shape index (κ1) is 16.3. The van der Waals surface area contributed by atoms with Gasteiger partial charge in [0.2, 0.25) is 0 Å². The number of hydrogen-bond donors (Lipinski definition) is 1. The summed E-state index contributed by atoms with van der Waals surface area (Å²) < 4.78 is 26.1. The second kappa shape index (κ2) is 7.29. The molecule has 0 bridgehead atoms. The minimum Gasteiger partial charge on any atom is -0.387 e. The minimum absolute atomic E-state index is 0.433. The van der Waals surface area contributed by atoms with Crippen molar-refractivity contribution in [2.45, 2.75) is 19.4 Å². The Balaban J connectivity index is 1.86. The van der Waals surface area contributed by atoms with Gasteiger partial charge in [0.15, 0.2) is 11.6 Å². The average Bonchev–Trinajstić information content (AvgIpc) is 2.88. The zero-order chi connectivity index (χ0) is 15.4. The Bertz CT molecular complexity index is 470. The molecular formula is C16H24F2N2O. The Hall–Kier alpha value is -1.04. The van der Waals surface area contributed by atoms with Crippen molar-refractivity contribution in [1.82, 2.24) is 9.80 Å². The van der Waals surface area contributed by atoms with Crippen molar-refractivity contribution in [2.75, 3.05) is 39.8 Å². The van der Waals surface area contributed by atoms with Crippen LogP contribution in [0.25, 0.3) is 0 Å². The van der Waals surface area contributed by atoms with Gasteiger partial charge in [0.05, 0.1) is 6.10 Å². The molecule has 0 spiro atoms. The lowest BCUT2D eigenvalue weighted by Crippen LogP contribution is -2.30. The number of likely N-dealkylation sites (tertiary alicyclic amines) is 1. The van der Waals surface area contributed by atoms with Gasteiger partial charge in [0.25, 0.3) is 0 Å². The predicted octanol–water partition coefficient (Wildman–Crippen LogP) is 2.27. The quantitative estimate of drug-likeness (QED) is 0.873. The lowest BCUT2D eigenvalue weighted by Gasteiger charge is -2.22. The molecule has 0 aromatic heterocycles. The third kappa shape index (κ3) is 4.46. The summed E-state index contributed by atoms with van der Waals surface area (Å²) in [5.41, 5.74) is 0.433. The van der Waals surface area contributed by atoms with E-state index in [0.717, 1.165) is 44.7 Å². The standard InChI is InChI=1S/C16H24F2N2O/c1-3-19(2)9-12-6-7-20(10-12)11-16(21)13-4-5-14(17)15(18)8-13/h4-5,8,12,16,21H,3,6-7,9-11H2,1-2H3. The number of rotatable bonds is 6. The van der Waals surface area contributed by atoms with E-state index in [0.29, 0.717) is 18.0 Å². The van der Waals surface area contributed by atoms with Gasteiger partial charge in [0, 0.05) is 19.6 Å². The molecule has 2 unspecified atom stereocenters. The molecule has 2 rings (SSSR count). The van der Waals surface area contributed by atoms with Crippen LogP contribution < -0.4 is 0 Å². The summed E-state index contributed by atoms with van der Waals surface area (Å²) >= 11 is 0. The molecule has 1 saturated heterocycles. The van der Waals surface area contributed by atoms with Crippen molar-refractivity contribution in [2.24, 2.45) is 5.92 Å². The normalized spacial score (nSPS) is 21.1. The van der Waals surface area contributed by atoms with Crippen LogP contribution in [0.3, 0.4) is 0 Å². The molecule has 0 radical (unpaired) electrons. The molecule has 1 N–H and O–H groups in total. The molecule has 1 fully saturated rings. The van der Waals surface area contributed by atoms with Gasteiger partial charge in [-0.1, -0.05) is 13.0 Å². The van der Waals surface area contributed by atoms with Crippen LogP contribution in [0.1, 0.15) is 25.0 Å². The zero-order valence-electron chi connectivity index (χ0n) is 12.7. The van der Waals surface area contributed by atoms with E-state index in [-0.39, 0.29) is 0 Å². The summed E-state index contributed by atoms with van der Waals surface area (Å²) in [6.45, 7) is 6.60. The SMILES string of the molecule is CCN(C)CC1CCN(CC(O)c2ccc(F)c(F)c2)C1. The molecule has 21 heavy (non-hydrogen) atoms. The number of β-amino-alcohol motifs (C(OH)–C–C–N with tert-alkyl or cyclic N) is 1. The average molecular weight is 298 g/mol. The Kier molecular flexibility index (Phi) is 5.67. The van der Waals surface area contributed by atoms with Gasteiger partial charge < -0.3 is 14.9 Å². The fourth-order valence-electron chi connectivity index (χ4n) is 2.87. The first-order chi connectivity index (χ1) is 9.99. The molecule has 1 aliphatic heterocycles. The molecule has 0 amide bonds. The van der Waals surface area contributed by atoms with E-state index in [9.17, 15) is 13.9 Å². The number of hydrogen-bond acceptors (Lipinski definition) is 3. The van der Waals surface area contributed by atoms with Gasteiger partial charge in [-0.3, -0.25) is 0 Å². The van der Waals surface area contributed by atoms with Crippen LogP contribution in [0.15, 0.2) is 18.2 Å². The van der Waals surface area contributed by atoms with E-state index in [2.05, 4.69) is 23.8 Å². The lowest BCUT2D eigenvalue weighted by atomic mass is 10.1. The predicted molar refractivity (Wildman–Crippen MR) is 79.0 cm³/mol. The molecule has 1 aliphatic rings. The first-order valence-electron chi connectivity index (χ1n) is 7.53. The van der Waals surface area contributed by atoms with E-state index in [1.807, 2.05) is 0 Å². The largest absolute Gasteiger partial charge is 0.387 e. The summed E-state index contributed by atoms with van der Waals surface area (Å²) in [6, 6.07) is 3.59. The van der Waals surface area contributed by atoms with E-state index >= 15 is 0 Å². The Labute approximate surface area is 125 Å². The Morgan fingerprint density at radius 2 is 2.14 bits per heavy atom. The van der Waals surface area contributed by atoms with Gasteiger partial charge in [-0.05, 0) is 50.2 Å². The molecule has 2 atom stereocenters. The van der Waals surface area contributed by atoms with Gasteiger partial charge in [0.1, 0.15) is 0 Å². The third-order valence-corrected chi connectivity index (χ3v) is 4.24. The minimum atomic E-state index is -0.907. The number of aliphatic hydroxyl groups is 1. The summed E-state index contributed by atoms with van der Waals surface area (Å²) in [7, 11) is 2.11. The maximum Gasteiger partial charge on any atom is 0.159 e. The molecular weight excluding hydrogens is 274 g/mol. The molecule has 5 heteroatoms. The van der Waals surface area contributed by atoms with Crippen molar-refractivity contribution in [3.63, 3.8) is 0 Å². The first-order valence-corrected chi connectivity index (χ1v) is 7.53. The van der Waals surface area contributed by atoms with Crippen molar-refractivity contribution in [3.05, 3.63) is 35.4 Å². The number of halogens is 2. The van der Waals surface area contributed by atoms with Crippen LogP contribution in [0.5, 0.6) is 0 Å². The summed E-state index contributed by atoms with van der Waals surface area (Å²) in [5.74, 6) is -1.17. The van der Waals surface area contributed by atoms with E-state index in [1.165, 1.54) is 6.07 Å². The van der Waals surface area contributed by atoms with Crippen molar-refractivity contribution in [3.8, 4) is 0 Å². The highest BCUT2D eigenvalue weighted by atomic mass is 19.2. The molecule has 0 saturated carbocycles. The summed E-state index contributed by atoms with van der Waals surface area (Å²) in [4.78, 5) is 4.49. The van der Waals surface area contributed by atoms with Gasteiger partial charge in [-0.2, -0.15) is 0 Å². The molecule has 1 heterocycles. The topological polar surface area (TPSA) is 26.7 Å². The molecule has 0 aliphatic carbocycles. The maximum atomic E-state index is 13.2. The molecule has 3 nitrogen and oxygen atoms in total. The van der Waals surface area contributed by atoms with E-state index < -0.39 is 17.7 Å². The Morgan fingerprint density at radius 1 is 1.38 bits per heavy atom. The second-order valence-electron chi connectivity index (χ2n) is 5.96. The van der Waals surface area contributed by atoms with Crippen LogP contribution in [0, 0.1) is 17.6 Å². The number of benzene rings is 1. The fraction of sp³-hybridized carbons (Fsp3) is 0.625. The van der Waals surface area contributed by atoms with Crippen molar-refractivity contribution in [1.29, 1.82) is 0 Å². The van der Waals surface area contributed by atoms with E-state index in [1.54, 1.807) is 0 Å². The zero-order valence-corrected chi connectivity index (χ0v) is 12.7. The van der Waals surface area contributed by atoms with E-state index in [4.69, 9.17) is 0 Å². The van der Waals surface area contributed by atoms with Gasteiger partial charge in [-0.15, -0.1) is 0 Å². The smallest absolute Gasteiger partial charge is 0.159 e. The van der Waals surface area contributed by atoms with Crippen LogP contribution in [-0.2, 0) is 0 Å². The number of aliphatic hydroxyl groups excluding tert-OH is 1. The second-order valence-corrected chi connectivity index (χ2v) is 5.96. The maximum absolute atomic E-state index is 13.2. The molecule has 1 aromatic rings. The molecule has 118 valence electrons. The Morgan fingerprint density at radius 3 is 2.81 bits per heavy atom. The highest BCUT2D eigenvalue weighted by Crippen LogP contribution is 2.22. The molecule has 1 aromatic carbocycles. The summed E-state index contributed by atoms with van der Waals surface area (Å²) in [6.07, 6.45) is 0.345. The summed E-state index contributed by atoms with van der Waals surface area (Å²) in [5, 5.41) is 10.2. The van der Waals surface area contributed by atoms with Crippen molar-refractivity contribution < 1.29 is 13.9 Å². The monoisotopic (exact) mass is 298 g/mol.